The van der Waals surface area contributed by atoms with E-state index >= 15 is 0 Å². The zero-order valence-electron chi connectivity index (χ0n) is 19.5. The molecule has 0 amide bonds. The van der Waals surface area contributed by atoms with Crippen LogP contribution in [0.3, 0.4) is 0 Å². The summed E-state index contributed by atoms with van der Waals surface area (Å²) in [6.07, 6.45) is 2.39. The molecule has 0 aliphatic heterocycles. The van der Waals surface area contributed by atoms with E-state index < -0.39 is 34.6 Å². The number of carbonyl (C=O) groups is 1. The van der Waals surface area contributed by atoms with E-state index in [1.54, 1.807) is 26.8 Å². The fourth-order valence-electron chi connectivity index (χ4n) is 3.53. The average Bonchev–Trinajstić information content (AvgIpc) is 2.74. The first-order valence-corrected chi connectivity index (χ1v) is 10.8. The van der Waals surface area contributed by atoms with Crippen LogP contribution < -0.4 is 5.63 Å². The van der Waals surface area contributed by atoms with Crippen molar-refractivity contribution in [2.24, 2.45) is 5.92 Å². The van der Waals surface area contributed by atoms with E-state index in [-0.39, 0.29) is 40.8 Å². The highest BCUT2D eigenvalue weighted by Crippen LogP contribution is 2.45. The van der Waals surface area contributed by atoms with Crippen LogP contribution in [0.15, 0.2) is 20.9 Å². The Morgan fingerprint density at radius 1 is 0.969 bits per heavy atom. The molecule has 1 aromatic heterocycles. The standard InChI is InChI=1S/C25H32O7/c1-7-13(5)20(26)19-23(29)15(10-9-12(3)4)22(28)16(24(19)30)11-17-21(27)14(6)18(8-2)32-25(17)31/h9,13,27-30H,7-8,10-11H2,1-6H3. The van der Waals surface area contributed by atoms with Crippen molar-refractivity contribution in [3.63, 3.8) is 0 Å². The van der Waals surface area contributed by atoms with Crippen molar-refractivity contribution >= 4 is 5.78 Å². The summed E-state index contributed by atoms with van der Waals surface area (Å²) in [5, 5.41) is 43.2. The van der Waals surface area contributed by atoms with Gasteiger partial charge < -0.3 is 24.8 Å². The number of phenolic OH excluding ortho intramolecular Hbond substituents is 3. The summed E-state index contributed by atoms with van der Waals surface area (Å²) in [4.78, 5) is 25.5. The third kappa shape index (κ3) is 4.66. The molecule has 2 aromatic rings. The highest BCUT2D eigenvalue weighted by atomic mass is 16.4. The lowest BCUT2D eigenvalue weighted by atomic mass is 9.88. The Hall–Kier alpha value is -3.22. The third-order valence-electron chi connectivity index (χ3n) is 5.83. The predicted molar refractivity (Wildman–Crippen MR) is 122 cm³/mol. The maximum absolute atomic E-state index is 12.9. The summed E-state index contributed by atoms with van der Waals surface area (Å²) in [6.45, 7) is 10.6. The molecular weight excluding hydrogens is 412 g/mol. The minimum atomic E-state index is -0.794. The highest BCUT2D eigenvalue weighted by Gasteiger charge is 2.30. The molecule has 0 spiro atoms. The van der Waals surface area contributed by atoms with Crippen molar-refractivity contribution in [1.29, 1.82) is 0 Å². The van der Waals surface area contributed by atoms with Crippen LogP contribution in [0.25, 0.3) is 0 Å². The molecular formula is C25H32O7. The van der Waals surface area contributed by atoms with E-state index in [0.717, 1.165) is 5.57 Å². The molecule has 0 saturated heterocycles. The molecule has 0 saturated carbocycles. The second-order valence-electron chi connectivity index (χ2n) is 8.33. The molecule has 174 valence electrons. The van der Waals surface area contributed by atoms with E-state index in [9.17, 15) is 30.0 Å². The number of hydrogen-bond acceptors (Lipinski definition) is 7. The van der Waals surface area contributed by atoms with Gasteiger partial charge in [-0.05, 0) is 33.6 Å². The Labute approximate surface area is 187 Å². The lowest BCUT2D eigenvalue weighted by molar-refractivity contribution is 0.0921. The molecule has 0 bridgehead atoms. The van der Waals surface area contributed by atoms with E-state index in [0.29, 0.717) is 24.2 Å². The van der Waals surface area contributed by atoms with E-state index in [1.807, 2.05) is 20.8 Å². The molecule has 7 heteroatoms. The first-order valence-electron chi connectivity index (χ1n) is 10.8. The molecule has 1 unspecified atom stereocenters. The Bertz CT molecular complexity index is 1120. The molecule has 1 aromatic carbocycles. The van der Waals surface area contributed by atoms with Crippen LogP contribution >= 0.6 is 0 Å². The van der Waals surface area contributed by atoms with Gasteiger partial charge >= 0.3 is 5.63 Å². The van der Waals surface area contributed by atoms with Gasteiger partial charge in [0.2, 0.25) is 0 Å². The predicted octanol–water partition coefficient (Wildman–Crippen LogP) is 4.66. The number of Topliss-reactive ketones (excluding diaryl/α,β-unsaturated/α-hetero) is 1. The van der Waals surface area contributed by atoms with E-state index in [4.69, 9.17) is 4.42 Å². The SMILES string of the molecule is CCc1oc(=O)c(Cc2c(O)c(CC=C(C)C)c(O)c(C(=O)C(C)CC)c2O)c(O)c1C. The van der Waals surface area contributed by atoms with E-state index in [1.165, 1.54) is 0 Å². The van der Waals surface area contributed by atoms with Gasteiger partial charge in [-0.2, -0.15) is 0 Å². The van der Waals surface area contributed by atoms with Gasteiger partial charge in [-0.25, -0.2) is 4.79 Å². The maximum atomic E-state index is 12.9. The molecule has 0 radical (unpaired) electrons. The quantitative estimate of drug-likeness (QED) is 0.344. The summed E-state index contributed by atoms with van der Waals surface area (Å²) in [5.41, 5.74) is 0.0192. The van der Waals surface area contributed by atoms with Crippen molar-refractivity contribution in [3.8, 4) is 23.0 Å². The zero-order valence-corrected chi connectivity index (χ0v) is 19.5. The first kappa shape index (κ1) is 25.0. The van der Waals surface area contributed by atoms with Crippen LogP contribution in [-0.2, 0) is 19.3 Å². The van der Waals surface area contributed by atoms with E-state index in [2.05, 4.69) is 0 Å². The number of aromatic hydroxyl groups is 4. The van der Waals surface area contributed by atoms with Crippen molar-refractivity contribution in [1.82, 2.24) is 0 Å². The maximum Gasteiger partial charge on any atom is 0.343 e. The number of ketones is 1. The molecule has 0 aliphatic rings. The lowest BCUT2D eigenvalue weighted by Gasteiger charge is -2.19. The first-order chi connectivity index (χ1) is 15.0. The smallest absolute Gasteiger partial charge is 0.343 e. The number of rotatable bonds is 8. The Balaban J connectivity index is 2.82. The van der Waals surface area contributed by atoms with Gasteiger partial charge in [-0.15, -0.1) is 0 Å². The minimum absolute atomic E-state index is 0.0661. The topological polar surface area (TPSA) is 128 Å². The van der Waals surface area contributed by atoms with Crippen LogP contribution in [0.2, 0.25) is 0 Å². The monoisotopic (exact) mass is 444 g/mol. The fourth-order valence-corrected chi connectivity index (χ4v) is 3.53. The number of hydrogen-bond donors (Lipinski definition) is 4. The lowest BCUT2D eigenvalue weighted by Crippen LogP contribution is -2.15. The van der Waals surface area contributed by atoms with Gasteiger partial charge in [0.25, 0.3) is 0 Å². The summed E-state index contributed by atoms with van der Waals surface area (Å²) >= 11 is 0. The summed E-state index contributed by atoms with van der Waals surface area (Å²) in [5.74, 6) is -2.43. The molecule has 4 N–H and O–H groups in total. The number of allylic oxidation sites excluding steroid dienone is 2. The van der Waals surface area contributed by atoms with Crippen LogP contribution in [0, 0.1) is 12.8 Å². The van der Waals surface area contributed by atoms with Gasteiger partial charge in [0.15, 0.2) is 5.78 Å². The normalized spacial score (nSPS) is 11.9. The van der Waals surface area contributed by atoms with Crippen LogP contribution in [0.1, 0.15) is 79.4 Å². The van der Waals surface area contributed by atoms with Gasteiger partial charge in [0, 0.05) is 35.4 Å². The van der Waals surface area contributed by atoms with Gasteiger partial charge in [-0.3, -0.25) is 4.79 Å². The van der Waals surface area contributed by atoms with Crippen molar-refractivity contribution < 1.29 is 29.6 Å². The summed E-state index contributed by atoms with van der Waals surface area (Å²) < 4.78 is 5.28. The Morgan fingerprint density at radius 3 is 2.09 bits per heavy atom. The average molecular weight is 445 g/mol. The highest BCUT2D eigenvalue weighted by molar-refractivity contribution is 6.03. The van der Waals surface area contributed by atoms with Crippen molar-refractivity contribution in [2.45, 2.75) is 67.2 Å². The van der Waals surface area contributed by atoms with Crippen molar-refractivity contribution in [2.75, 3.05) is 0 Å². The number of aryl methyl sites for hydroxylation is 1. The molecule has 0 aliphatic carbocycles. The molecule has 1 heterocycles. The molecule has 32 heavy (non-hydrogen) atoms. The number of phenols is 3. The van der Waals surface area contributed by atoms with Gasteiger partial charge in [0.1, 0.15) is 34.3 Å². The minimum Gasteiger partial charge on any atom is -0.507 e. The largest absolute Gasteiger partial charge is 0.507 e. The van der Waals surface area contributed by atoms with Crippen LogP contribution in [0.5, 0.6) is 23.0 Å². The zero-order chi connectivity index (χ0) is 24.3. The Morgan fingerprint density at radius 2 is 1.56 bits per heavy atom. The third-order valence-corrected chi connectivity index (χ3v) is 5.83. The fraction of sp³-hybridized carbons (Fsp3) is 0.440. The molecule has 0 fully saturated rings. The Kier molecular flexibility index (Phi) is 7.78. The van der Waals surface area contributed by atoms with Gasteiger partial charge in [-0.1, -0.05) is 32.4 Å². The molecule has 1 atom stereocenters. The van der Waals surface area contributed by atoms with Crippen LogP contribution in [-0.4, -0.2) is 26.2 Å². The van der Waals surface area contributed by atoms with Gasteiger partial charge in [0.05, 0.1) is 5.56 Å². The van der Waals surface area contributed by atoms with Crippen molar-refractivity contribution in [3.05, 3.63) is 55.6 Å². The number of carbonyl (C=O) groups excluding carboxylic acids is 1. The number of benzene rings is 1. The molecule has 7 nitrogen and oxygen atoms in total. The van der Waals surface area contributed by atoms with Crippen LogP contribution in [0.4, 0.5) is 0 Å². The second kappa shape index (κ2) is 9.94. The molecule has 2 rings (SSSR count). The summed E-state index contributed by atoms with van der Waals surface area (Å²) in [6, 6.07) is 0. The second-order valence-corrected chi connectivity index (χ2v) is 8.33. The summed E-state index contributed by atoms with van der Waals surface area (Å²) in [7, 11) is 0.